The number of amides is 2. The molecule has 0 heterocycles. The van der Waals surface area contributed by atoms with E-state index in [-0.39, 0.29) is 13.2 Å². The van der Waals surface area contributed by atoms with Gasteiger partial charge in [-0.2, -0.15) is 0 Å². The van der Waals surface area contributed by atoms with Gasteiger partial charge in [-0.3, -0.25) is 10.2 Å². The lowest BCUT2D eigenvalue weighted by Gasteiger charge is -2.26. The molecule has 140 valence electrons. The SMILES string of the molecule is CCOC(=O)Nc1cc(OC)ccc1N(CCN(C)C)C(=O)OCC. The van der Waals surface area contributed by atoms with Crippen LogP contribution < -0.4 is 15.0 Å². The van der Waals surface area contributed by atoms with Crippen LogP contribution in [0, 0.1) is 0 Å². The number of hydrogen-bond acceptors (Lipinski definition) is 6. The van der Waals surface area contributed by atoms with Crippen LogP contribution in [-0.2, 0) is 9.47 Å². The number of nitrogens with one attached hydrogen (secondary N) is 1. The third kappa shape index (κ3) is 6.50. The lowest BCUT2D eigenvalue weighted by atomic mass is 10.2. The van der Waals surface area contributed by atoms with Crippen molar-refractivity contribution in [3.63, 3.8) is 0 Å². The smallest absolute Gasteiger partial charge is 0.414 e. The predicted octanol–water partition coefficient (Wildman–Crippen LogP) is 2.79. The summed E-state index contributed by atoms with van der Waals surface area (Å²) in [4.78, 5) is 27.6. The lowest BCUT2D eigenvalue weighted by Crippen LogP contribution is -2.37. The van der Waals surface area contributed by atoms with Crippen LogP contribution in [0.25, 0.3) is 0 Å². The molecule has 8 heteroatoms. The Balaban J connectivity index is 3.20. The summed E-state index contributed by atoms with van der Waals surface area (Å²) < 4.78 is 15.3. The van der Waals surface area contributed by atoms with Gasteiger partial charge in [0.25, 0.3) is 0 Å². The second-order valence-electron chi connectivity index (χ2n) is 5.38. The monoisotopic (exact) mass is 353 g/mol. The second-order valence-corrected chi connectivity index (χ2v) is 5.38. The minimum Gasteiger partial charge on any atom is -0.497 e. The van der Waals surface area contributed by atoms with E-state index in [1.54, 1.807) is 32.0 Å². The maximum atomic E-state index is 12.4. The van der Waals surface area contributed by atoms with Gasteiger partial charge in [0.05, 0.1) is 31.7 Å². The Morgan fingerprint density at radius 1 is 1.08 bits per heavy atom. The van der Waals surface area contributed by atoms with Crippen molar-refractivity contribution >= 4 is 23.6 Å². The van der Waals surface area contributed by atoms with Gasteiger partial charge in [-0.1, -0.05) is 0 Å². The first-order valence-electron chi connectivity index (χ1n) is 8.13. The fraction of sp³-hybridized carbons (Fsp3) is 0.529. The van der Waals surface area contributed by atoms with Crippen LogP contribution in [0.2, 0.25) is 0 Å². The molecule has 1 N–H and O–H groups in total. The van der Waals surface area contributed by atoms with E-state index in [2.05, 4.69) is 5.32 Å². The standard InChI is InChI=1S/C17H27N3O5/c1-6-24-16(21)18-14-12-13(23-5)8-9-15(14)20(11-10-19(3)4)17(22)25-7-2/h8-9,12H,6-7,10-11H2,1-5H3,(H,18,21). The van der Waals surface area contributed by atoms with Gasteiger partial charge in [-0.15, -0.1) is 0 Å². The summed E-state index contributed by atoms with van der Waals surface area (Å²) in [7, 11) is 5.35. The number of anilines is 2. The number of rotatable bonds is 8. The molecule has 1 aromatic rings. The zero-order valence-electron chi connectivity index (χ0n) is 15.5. The van der Waals surface area contributed by atoms with Crippen LogP contribution >= 0.6 is 0 Å². The number of carbonyl (C=O) groups is 2. The first kappa shape index (κ1) is 20.6. The summed E-state index contributed by atoms with van der Waals surface area (Å²) in [6.07, 6.45) is -1.09. The molecule has 0 fully saturated rings. The summed E-state index contributed by atoms with van der Waals surface area (Å²) >= 11 is 0. The summed E-state index contributed by atoms with van der Waals surface area (Å²) in [5, 5.41) is 2.65. The Bertz CT molecular complexity index is 577. The minimum atomic E-state index is -0.603. The van der Waals surface area contributed by atoms with E-state index in [1.807, 2.05) is 19.0 Å². The van der Waals surface area contributed by atoms with Crippen LogP contribution in [0.5, 0.6) is 5.75 Å². The topological polar surface area (TPSA) is 80.3 Å². The molecular weight excluding hydrogens is 326 g/mol. The Morgan fingerprint density at radius 3 is 2.32 bits per heavy atom. The molecule has 0 aromatic heterocycles. The van der Waals surface area contributed by atoms with Gasteiger partial charge in [0.15, 0.2) is 0 Å². The van der Waals surface area contributed by atoms with E-state index in [1.165, 1.54) is 12.0 Å². The Hall–Kier alpha value is -2.48. The highest BCUT2D eigenvalue weighted by Gasteiger charge is 2.22. The Morgan fingerprint density at radius 2 is 1.76 bits per heavy atom. The molecule has 0 aliphatic heterocycles. The van der Waals surface area contributed by atoms with Crippen molar-refractivity contribution in [2.45, 2.75) is 13.8 Å². The average molecular weight is 353 g/mol. The minimum absolute atomic E-state index is 0.243. The second kappa shape index (κ2) is 10.4. The molecule has 8 nitrogen and oxygen atoms in total. The highest BCUT2D eigenvalue weighted by atomic mass is 16.6. The van der Waals surface area contributed by atoms with E-state index >= 15 is 0 Å². The fourth-order valence-corrected chi connectivity index (χ4v) is 2.07. The Kier molecular flexibility index (Phi) is 8.55. The van der Waals surface area contributed by atoms with Crippen molar-refractivity contribution in [1.29, 1.82) is 0 Å². The van der Waals surface area contributed by atoms with Crippen LogP contribution in [0.4, 0.5) is 21.0 Å². The lowest BCUT2D eigenvalue weighted by molar-refractivity contribution is 0.159. The highest BCUT2D eigenvalue weighted by Crippen LogP contribution is 2.31. The Labute approximate surface area is 148 Å². The molecule has 0 unspecified atom stereocenters. The van der Waals surface area contributed by atoms with Crippen LogP contribution in [0.1, 0.15) is 13.8 Å². The molecule has 0 saturated carbocycles. The van der Waals surface area contributed by atoms with Gasteiger partial charge in [-0.05, 0) is 40.1 Å². The molecular formula is C17H27N3O5. The molecule has 0 aliphatic rings. The van der Waals surface area contributed by atoms with E-state index in [9.17, 15) is 9.59 Å². The van der Waals surface area contributed by atoms with E-state index in [0.29, 0.717) is 30.2 Å². The van der Waals surface area contributed by atoms with Crippen molar-refractivity contribution in [2.24, 2.45) is 0 Å². The fourth-order valence-electron chi connectivity index (χ4n) is 2.07. The number of carbonyl (C=O) groups excluding carboxylic acids is 2. The number of methoxy groups -OCH3 is 1. The number of hydrogen-bond donors (Lipinski definition) is 1. The zero-order chi connectivity index (χ0) is 18.8. The molecule has 0 atom stereocenters. The quantitative estimate of drug-likeness (QED) is 0.774. The van der Waals surface area contributed by atoms with Gasteiger partial charge >= 0.3 is 12.2 Å². The normalized spacial score (nSPS) is 10.3. The van der Waals surface area contributed by atoms with E-state index in [0.717, 1.165) is 0 Å². The van der Waals surface area contributed by atoms with Crippen LogP contribution in [-0.4, -0.2) is 64.6 Å². The van der Waals surface area contributed by atoms with Crippen molar-refractivity contribution in [3.8, 4) is 5.75 Å². The molecule has 1 rings (SSSR count). The summed E-state index contributed by atoms with van der Waals surface area (Å²) in [5.41, 5.74) is 0.916. The van der Waals surface area contributed by atoms with Crippen molar-refractivity contribution in [1.82, 2.24) is 4.90 Å². The van der Waals surface area contributed by atoms with Crippen molar-refractivity contribution < 1.29 is 23.8 Å². The molecule has 0 spiro atoms. The number of likely N-dealkylation sites (N-methyl/N-ethyl adjacent to an activating group) is 1. The zero-order valence-corrected chi connectivity index (χ0v) is 15.5. The van der Waals surface area contributed by atoms with E-state index in [4.69, 9.17) is 14.2 Å². The molecule has 2 amide bonds. The summed E-state index contributed by atoms with van der Waals surface area (Å²) in [6, 6.07) is 5.05. The molecule has 1 aromatic carbocycles. The van der Waals surface area contributed by atoms with Gasteiger partial charge in [0.1, 0.15) is 5.75 Å². The van der Waals surface area contributed by atoms with Gasteiger partial charge < -0.3 is 19.1 Å². The van der Waals surface area contributed by atoms with Crippen molar-refractivity contribution in [2.75, 3.05) is 57.7 Å². The number of nitrogens with zero attached hydrogens (tertiary/aromatic N) is 2. The van der Waals surface area contributed by atoms with Crippen LogP contribution in [0.3, 0.4) is 0 Å². The van der Waals surface area contributed by atoms with Gasteiger partial charge in [-0.25, -0.2) is 9.59 Å². The first-order valence-corrected chi connectivity index (χ1v) is 8.13. The maximum absolute atomic E-state index is 12.4. The maximum Gasteiger partial charge on any atom is 0.414 e. The first-order chi connectivity index (χ1) is 11.9. The average Bonchev–Trinajstić information content (AvgIpc) is 2.56. The number of benzene rings is 1. The highest BCUT2D eigenvalue weighted by molar-refractivity contribution is 5.97. The van der Waals surface area contributed by atoms with Crippen molar-refractivity contribution in [3.05, 3.63) is 18.2 Å². The molecule has 0 radical (unpaired) electrons. The number of ether oxygens (including phenoxy) is 3. The van der Waals surface area contributed by atoms with Crippen LogP contribution in [0.15, 0.2) is 18.2 Å². The van der Waals surface area contributed by atoms with Gasteiger partial charge in [0, 0.05) is 19.2 Å². The predicted molar refractivity (Wildman–Crippen MR) is 96.6 cm³/mol. The summed E-state index contributed by atoms with van der Waals surface area (Å²) in [6.45, 7) is 4.99. The summed E-state index contributed by atoms with van der Waals surface area (Å²) in [5.74, 6) is 0.548. The molecule has 0 aliphatic carbocycles. The van der Waals surface area contributed by atoms with E-state index < -0.39 is 12.2 Å². The largest absolute Gasteiger partial charge is 0.497 e. The molecule has 25 heavy (non-hydrogen) atoms. The third-order valence-electron chi connectivity index (χ3n) is 3.27. The van der Waals surface area contributed by atoms with Gasteiger partial charge in [0.2, 0.25) is 0 Å². The third-order valence-corrected chi connectivity index (χ3v) is 3.27. The molecule has 0 saturated heterocycles. The molecule has 0 bridgehead atoms.